The Labute approximate surface area is 80.7 Å². The Morgan fingerprint density at radius 3 is 2.62 bits per heavy atom. The number of nitrogens with one attached hydrogen (secondary N) is 1. The molecule has 1 atom stereocenters. The van der Waals surface area contributed by atoms with Crippen LogP contribution in [-0.4, -0.2) is 30.3 Å². The molecule has 1 aliphatic rings. The molecule has 0 aromatic heterocycles. The largest absolute Gasteiger partial charge is 0.396 e. The summed E-state index contributed by atoms with van der Waals surface area (Å²) in [5.41, 5.74) is 5.90. The summed E-state index contributed by atoms with van der Waals surface area (Å²) in [5.74, 6) is 0.784. The van der Waals surface area contributed by atoms with Crippen LogP contribution in [0.2, 0.25) is 0 Å². The summed E-state index contributed by atoms with van der Waals surface area (Å²) in [6, 6.07) is 0. The maximum atomic E-state index is 8.62. The molecule has 1 aliphatic carbocycles. The minimum absolute atomic E-state index is 0.148. The Kier molecular flexibility index (Phi) is 4.16. The maximum absolute atomic E-state index is 8.62. The third-order valence-electron chi connectivity index (χ3n) is 3.02. The van der Waals surface area contributed by atoms with Crippen molar-refractivity contribution < 1.29 is 5.11 Å². The lowest BCUT2D eigenvalue weighted by atomic mass is 9.96. The molecule has 0 radical (unpaired) electrons. The summed E-state index contributed by atoms with van der Waals surface area (Å²) in [6.45, 7) is 4.20. The SMILES string of the molecule is CC(CN)(NCCCCO)C1CC1. The van der Waals surface area contributed by atoms with Gasteiger partial charge in [0.15, 0.2) is 0 Å². The molecule has 3 nitrogen and oxygen atoms in total. The first-order valence-corrected chi connectivity index (χ1v) is 5.29. The highest BCUT2D eigenvalue weighted by molar-refractivity contribution is 4.98. The fourth-order valence-corrected chi connectivity index (χ4v) is 1.71. The number of hydrogen-bond donors (Lipinski definition) is 3. The van der Waals surface area contributed by atoms with Gasteiger partial charge in [-0.05, 0) is 45.1 Å². The molecule has 1 fully saturated rings. The second kappa shape index (κ2) is 4.94. The monoisotopic (exact) mass is 186 g/mol. The number of nitrogens with two attached hydrogens (primary N) is 1. The lowest BCUT2D eigenvalue weighted by molar-refractivity contribution is 0.272. The van der Waals surface area contributed by atoms with Gasteiger partial charge in [0.1, 0.15) is 0 Å². The molecular formula is C10H22N2O. The highest BCUT2D eigenvalue weighted by atomic mass is 16.2. The Morgan fingerprint density at radius 1 is 1.46 bits per heavy atom. The van der Waals surface area contributed by atoms with Crippen molar-refractivity contribution >= 4 is 0 Å². The number of rotatable bonds is 7. The normalized spacial score (nSPS) is 21.5. The van der Waals surface area contributed by atoms with Gasteiger partial charge in [-0.25, -0.2) is 0 Å². The lowest BCUT2D eigenvalue weighted by Gasteiger charge is -2.29. The van der Waals surface area contributed by atoms with Gasteiger partial charge in [0, 0.05) is 18.7 Å². The Hall–Kier alpha value is -0.120. The van der Waals surface area contributed by atoms with E-state index < -0.39 is 0 Å². The van der Waals surface area contributed by atoms with Gasteiger partial charge in [-0.3, -0.25) is 0 Å². The molecule has 4 N–H and O–H groups in total. The predicted molar refractivity (Wildman–Crippen MR) is 54.5 cm³/mol. The van der Waals surface area contributed by atoms with Crippen molar-refractivity contribution in [2.45, 2.75) is 38.1 Å². The summed E-state index contributed by atoms with van der Waals surface area (Å²) in [5, 5.41) is 12.1. The van der Waals surface area contributed by atoms with Crippen LogP contribution in [-0.2, 0) is 0 Å². The average Bonchev–Trinajstić information content (AvgIpc) is 2.95. The molecule has 0 aliphatic heterocycles. The fraction of sp³-hybridized carbons (Fsp3) is 1.00. The standard InChI is InChI=1S/C10H22N2O/c1-10(8-11,9-4-5-9)12-6-2-3-7-13/h9,12-13H,2-8,11H2,1H3. The van der Waals surface area contributed by atoms with Crippen LogP contribution in [0.5, 0.6) is 0 Å². The van der Waals surface area contributed by atoms with Gasteiger partial charge in [-0.1, -0.05) is 0 Å². The molecule has 1 saturated carbocycles. The molecular weight excluding hydrogens is 164 g/mol. The van der Waals surface area contributed by atoms with E-state index in [9.17, 15) is 0 Å². The molecule has 13 heavy (non-hydrogen) atoms. The molecule has 0 spiro atoms. The average molecular weight is 186 g/mol. The minimum atomic E-state index is 0.148. The second-order valence-corrected chi connectivity index (χ2v) is 4.25. The van der Waals surface area contributed by atoms with E-state index in [1.54, 1.807) is 0 Å². The van der Waals surface area contributed by atoms with Crippen LogP contribution in [0.1, 0.15) is 32.6 Å². The molecule has 1 unspecified atom stereocenters. The van der Waals surface area contributed by atoms with Gasteiger partial charge < -0.3 is 16.2 Å². The predicted octanol–water partition coefficient (Wildman–Crippen LogP) is 0.476. The highest BCUT2D eigenvalue weighted by Crippen LogP contribution is 2.38. The third-order valence-corrected chi connectivity index (χ3v) is 3.02. The van der Waals surface area contributed by atoms with E-state index in [-0.39, 0.29) is 5.54 Å². The van der Waals surface area contributed by atoms with Gasteiger partial charge in [0.2, 0.25) is 0 Å². The zero-order valence-electron chi connectivity index (χ0n) is 8.55. The summed E-state index contributed by atoms with van der Waals surface area (Å²) in [4.78, 5) is 0. The van der Waals surface area contributed by atoms with Gasteiger partial charge >= 0.3 is 0 Å². The molecule has 0 aromatic rings. The van der Waals surface area contributed by atoms with Crippen LogP contribution in [0.25, 0.3) is 0 Å². The minimum Gasteiger partial charge on any atom is -0.396 e. The smallest absolute Gasteiger partial charge is 0.0431 e. The Balaban J connectivity index is 2.15. The second-order valence-electron chi connectivity index (χ2n) is 4.25. The van der Waals surface area contributed by atoms with E-state index in [4.69, 9.17) is 10.8 Å². The first kappa shape index (κ1) is 11.0. The van der Waals surface area contributed by atoms with Crippen LogP contribution < -0.4 is 11.1 Å². The van der Waals surface area contributed by atoms with E-state index in [1.165, 1.54) is 12.8 Å². The van der Waals surface area contributed by atoms with Crippen molar-refractivity contribution in [2.24, 2.45) is 11.7 Å². The Bertz CT molecular complexity index is 148. The number of aliphatic hydroxyl groups excluding tert-OH is 1. The molecule has 0 bridgehead atoms. The molecule has 1 rings (SSSR count). The molecule has 0 aromatic carbocycles. The van der Waals surface area contributed by atoms with E-state index in [2.05, 4.69) is 12.2 Å². The van der Waals surface area contributed by atoms with E-state index in [0.717, 1.165) is 31.8 Å². The van der Waals surface area contributed by atoms with Crippen molar-refractivity contribution in [1.29, 1.82) is 0 Å². The van der Waals surface area contributed by atoms with Crippen molar-refractivity contribution in [1.82, 2.24) is 5.32 Å². The first-order chi connectivity index (χ1) is 6.23. The van der Waals surface area contributed by atoms with Crippen LogP contribution in [0.3, 0.4) is 0 Å². The van der Waals surface area contributed by atoms with Crippen molar-refractivity contribution in [3.63, 3.8) is 0 Å². The first-order valence-electron chi connectivity index (χ1n) is 5.29. The van der Waals surface area contributed by atoms with E-state index in [1.807, 2.05) is 0 Å². The van der Waals surface area contributed by atoms with Crippen LogP contribution in [0.4, 0.5) is 0 Å². The zero-order chi connectivity index (χ0) is 9.73. The summed E-state index contributed by atoms with van der Waals surface area (Å²) < 4.78 is 0. The molecule has 0 heterocycles. The quantitative estimate of drug-likeness (QED) is 0.507. The highest BCUT2D eigenvalue weighted by Gasteiger charge is 2.39. The third kappa shape index (κ3) is 3.25. The fourth-order valence-electron chi connectivity index (χ4n) is 1.71. The van der Waals surface area contributed by atoms with Crippen molar-refractivity contribution in [2.75, 3.05) is 19.7 Å². The lowest BCUT2D eigenvalue weighted by Crippen LogP contribution is -2.50. The topological polar surface area (TPSA) is 58.3 Å². The van der Waals surface area contributed by atoms with Crippen LogP contribution in [0, 0.1) is 5.92 Å². The summed E-state index contributed by atoms with van der Waals surface area (Å²) in [6.07, 6.45) is 4.57. The molecule has 78 valence electrons. The van der Waals surface area contributed by atoms with E-state index >= 15 is 0 Å². The summed E-state index contributed by atoms with van der Waals surface area (Å²) >= 11 is 0. The van der Waals surface area contributed by atoms with Crippen LogP contribution in [0.15, 0.2) is 0 Å². The van der Waals surface area contributed by atoms with Gasteiger partial charge in [-0.2, -0.15) is 0 Å². The molecule has 0 saturated heterocycles. The number of hydrogen-bond acceptors (Lipinski definition) is 3. The zero-order valence-corrected chi connectivity index (χ0v) is 8.55. The Morgan fingerprint density at radius 2 is 2.15 bits per heavy atom. The van der Waals surface area contributed by atoms with Crippen LogP contribution >= 0.6 is 0 Å². The molecule has 0 amide bonds. The number of unbranched alkanes of at least 4 members (excludes halogenated alkanes) is 1. The van der Waals surface area contributed by atoms with E-state index in [0.29, 0.717) is 6.61 Å². The summed E-state index contributed by atoms with van der Waals surface area (Å²) in [7, 11) is 0. The van der Waals surface area contributed by atoms with Gasteiger partial charge in [-0.15, -0.1) is 0 Å². The molecule has 3 heteroatoms. The van der Waals surface area contributed by atoms with Crippen molar-refractivity contribution in [3.8, 4) is 0 Å². The maximum Gasteiger partial charge on any atom is 0.0431 e. The number of aliphatic hydroxyl groups is 1. The van der Waals surface area contributed by atoms with Crippen molar-refractivity contribution in [3.05, 3.63) is 0 Å². The van der Waals surface area contributed by atoms with Gasteiger partial charge in [0.25, 0.3) is 0 Å². The van der Waals surface area contributed by atoms with Gasteiger partial charge in [0.05, 0.1) is 0 Å².